The zero-order valence-corrected chi connectivity index (χ0v) is 31.2. The Hall–Kier alpha value is -7.22. The number of hydrogen-bond donors (Lipinski definition) is 0. The molecule has 0 amide bonds. The highest BCUT2D eigenvalue weighted by molar-refractivity contribution is 7.26. The fraction of sp³-hybridized carbons (Fsp3) is 0.0204. The van der Waals surface area contributed by atoms with Crippen LogP contribution in [0.1, 0.15) is 18.2 Å². The van der Waals surface area contributed by atoms with Crippen LogP contribution in [-0.2, 0) is 0 Å². The maximum Gasteiger partial charge on any atom is 0.222 e. The van der Waals surface area contributed by atoms with E-state index in [0.717, 1.165) is 77.5 Å². The van der Waals surface area contributed by atoms with Crippen LogP contribution in [0.4, 0.5) is 0 Å². The molecule has 0 N–H and O–H groups in total. The van der Waals surface area contributed by atoms with Gasteiger partial charge in [0.1, 0.15) is 5.52 Å². The van der Waals surface area contributed by atoms with Gasteiger partial charge >= 0.3 is 0 Å². The quantitative estimate of drug-likeness (QED) is 0.177. The van der Waals surface area contributed by atoms with Crippen molar-refractivity contribution in [3.63, 3.8) is 0 Å². The highest BCUT2D eigenvalue weighted by Crippen LogP contribution is 2.43. The first-order valence-corrected chi connectivity index (χ1v) is 19.7. The molecule has 6 heterocycles. The Morgan fingerprint density at radius 3 is 1.93 bits per heavy atom. The first-order chi connectivity index (χ1) is 27.7. The van der Waals surface area contributed by atoms with Crippen molar-refractivity contribution < 1.29 is 0 Å². The zero-order valence-electron chi connectivity index (χ0n) is 30.4. The van der Waals surface area contributed by atoms with Crippen LogP contribution in [0.15, 0.2) is 158 Å². The highest BCUT2D eigenvalue weighted by Gasteiger charge is 2.27. The summed E-state index contributed by atoms with van der Waals surface area (Å²) in [5.74, 6) is 1.66. The molecule has 0 spiro atoms. The van der Waals surface area contributed by atoms with Crippen molar-refractivity contribution >= 4 is 104 Å². The highest BCUT2D eigenvalue weighted by atomic mass is 32.1. The van der Waals surface area contributed by atoms with Crippen molar-refractivity contribution in [2.24, 2.45) is 0 Å². The van der Waals surface area contributed by atoms with Crippen molar-refractivity contribution in [3.8, 4) is 17.2 Å². The van der Waals surface area contributed by atoms with Crippen LogP contribution in [0, 0.1) is 0 Å². The lowest BCUT2D eigenvalue weighted by molar-refractivity contribution is 1.04. The molecular formula is C49H32N6S. The lowest BCUT2D eigenvalue weighted by Gasteiger charge is -2.14. The van der Waals surface area contributed by atoms with Gasteiger partial charge in [0.2, 0.25) is 5.78 Å². The maximum atomic E-state index is 5.66. The van der Waals surface area contributed by atoms with E-state index in [9.17, 15) is 0 Å². The van der Waals surface area contributed by atoms with E-state index in [1.54, 1.807) is 11.3 Å². The maximum absolute atomic E-state index is 5.66. The summed E-state index contributed by atoms with van der Waals surface area (Å²) >= 11 is 1.78. The molecule has 6 aromatic carbocycles. The lowest BCUT2D eigenvalue weighted by atomic mass is 10.1. The predicted octanol–water partition coefficient (Wildman–Crippen LogP) is 12.9. The van der Waals surface area contributed by atoms with Gasteiger partial charge in [-0.1, -0.05) is 104 Å². The lowest BCUT2D eigenvalue weighted by Crippen LogP contribution is -2.04. The van der Waals surface area contributed by atoms with Crippen molar-refractivity contribution in [3.05, 3.63) is 170 Å². The van der Waals surface area contributed by atoms with Crippen LogP contribution in [0.2, 0.25) is 0 Å². The molecule has 0 aliphatic carbocycles. The van der Waals surface area contributed by atoms with Crippen LogP contribution in [0.3, 0.4) is 0 Å². The normalized spacial score (nSPS) is 12.4. The first-order valence-electron chi connectivity index (χ1n) is 18.8. The average molecular weight is 737 g/mol. The standard InChI is InChI=1S/C49H32N6S/c1-3-15-30-31-16-5-9-20-37(31)52(36(30)4-2)42-25-14-26-43-46(42)55(48-47-35(28-29-50-48)34-19-8-12-27-44(34)56-47)49-51-45-40(23-13-24-41(45)54(43)49)53-38-21-10-6-17-32(38)33-18-7-11-22-39(33)53/h3-29H,2H2,1H3/b15-3-. The molecule has 0 bridgehead atoms. The molecule has 6 nitrogen and oxygen atoms in total. The van der Waals surface area contributed by atoms with Gasteiger partial charge in [-0.25, -0.2) is 9.97 Å². The molecule has 0 atom stereocenters. The van der Waals surface area contributed by atoms with E-state index in [4.69, 9.17) is 9.97 Å². The molecule has 0 aliphatic rings. The van der Waals surface area contributed by atoms with Gasteiger partial charge in [0.05, 0.1) is 54.9 Å². The Balaban J connectivity index is 1.27. The summed E-state index contributed by atoms with van der Waals surface area (Å²) in [5.41, 5.74) is 11.7. The van der Waals surface area contributed by atoms with Gasteiger partial charge in [-0.15, -0.1) is 11.3 Å². The number of benzene rings is 6. The van der Waals surface area contributed by atoms with E-state index >= 15 is 0 Å². The predicted molar refractivity (Wildman–Crippen MR) is 236 cm³/mol. The molecule has 12 rings (SSSR count). The van der Waals surface area contributed by atoms with Crippen molar-refractivity contribution in [1.29, 1.82) is 0 Å². The van der Waals surface area contributed by atoms with Crippen LogP contribution >= 0.6 is 11.3 Å². The van der Waals surface area contributed by atoms with Crippen LogP contribution in [0.5, 0.6) is 0 Å². The number of aromatic nitrogens is 6. The molecule has 264 valence electrons. The van der Waals surface area contributed by atoms with Gasteiger partial charge in [-0.05, 0) is 67.6 Å². The Bertz CT molecular complexity index is 3590. The third-order valence-corrected chi connectivity index (χ3v) is 12.5. The molecule has 6 aromatic heterocycles. The number of nitrogens with zero attached hydrogens (tertiary/aromatic N) is 6. The number of allylic oxidation sites excluding steroid dienone is 1. The summed E-state index contributed by atoms with van der Waals surface area (Å²) in [4.78, 5) is 10.9. The van der Waals surface area contributed by atoms with Crippen molar-refractivity contribution in [2.45, 2.75) is 6.92 Å². The molecular weight excluding hydrogens is 705 g/mol. The number of fused-ring (bicyclic) bond motifs is 12. The molecule has 7 heteroatoms. The van der Waals surface area contributed by atoms with E-state index in [1.807, 2.05) is 12.3 Å². The van der Waals surface area contributed by atoms with Crippen molar-refractivity contribution in [1.82, 2.24) is 28.1 Å². The second kappa shape index (κ2) is 11.6. The molecule has 0 radical (unpaired) electrons. The van der Waals surface area contributed by atoms with Crippen LogP contribution in [-0.4, -0.2) is 28.1 Å². The molecule has 12 aromatic rings. The van der Waals surface area contributed by atoms with Gasteiger partial charge in [-0.2, -0.15) is 0 Å². The topological polar surface area (TPSA) is 45.0 Å². The van der Waals surface area contributed by atoms with Gasteiger partial charge < -0.3 is 9.13 Å². The van der Waals surface area contributed by atoms with E-state index < -0.39 is 0 Å². The smallest absolute Gasteiger partial charge is 0.222 e. The molecule has 0 fully saturated rings. The Morgan fingerprint density at radius 2 is 1.20 bits per heavy atom. The summed E-state index contributed by atoms with van der Waals surface area (Å²) in [5, 5.41) is 6.03. The van der Waals surface area contributed by atoms with E-state index in [0.29, 0.717) is 0 Å². The Labute approximate surface area is 324 Å². The Kier molecular flexibility index (Phi) is 6.48. The fourth-order valence-electron chi connectivity index (χ4n) is 9.12. The largest absolute Gasteiger partial charge is 0.307 e. The van der Waals surface area contributed by atoms with Crippen LogP contribution < -0.4 is 0 Å². The van der Waals surface area contributed by atoms with Gasteiger partial charge in [0.25, 0.3) is 0 Å². The van der Waals surface area contributed by atoms with Crippen molar-refractivity contribution in [2.75, 3.05) is 0 Å². The van der Waals surface area contributed by atoms with E-state index in [1.165, 1.54) is 31.6 Å². The van der Waals surface area contributed by atoms with E-state index in [-0.39, 0.29) is 0 Å². The minimum atomic E-state index is 0.804. The fourth-order valence-corrected chi connectivity index (χ4v) is 10.3. The second-order valence-corrected chi connectivity index (χ2v) is 15.3. The SMILES string of the molecule is C=Cc1c(/C=C\C)c2ccccc2n1-c1cccc2c1n(-c1nccc3c1sc1ccccc13)c1nc3c(-n4c5ccccc5c5ccccc54)cccc3n21. The number of rotatable bonds is 5. The van der Waals surface area contributed by atoms with Gasteiger partial charge in [0, 0.05) is 43.4 Å². The average Bonchev–Trinajstić information content (AvgIpc) is 4.04. The third kappa shape index (κ3) is 4.04. The zero-order chi connectivity index (χ0) is 37.1. The number of pyridine rings is 1. The van der Waals surface area contributed by atoms with Gasteiger partial charge in [0.15, 0.2) is 5.82 Å². The molecule has 0 saturated carbocycles. The molecule has 0 aliphatic heterocycles. The summed E-state index contributed by atoms with van der Waals surface area (Å²) in [6.45, 7) is 6.41. The first kappa shape index (κ1) is 31.2. The van der Waals surface area contributed by atoms with Gasteiger partial charge in [-0.3, -0.25) is 8.97 Å². The minimum Gasteiger partial charge on any atom is -0.307 e. The summed E-state index contributed by atoms with van der Waals surface area (Å²) < 4.78 is 11.7. The summed E-state index contributed by atoms with van der Waals surface area (Å²) in [7, 11) is 0. The molecule has 0 unspecified atom stereocenters. The van der Waals surface area contributed by atoms with Crippen LogP contribution in [0.25, 0.3) is 110 Å². The molecule has 56 heavy (non-hydrogen) atoms. The summed E-state index contributed by atoms with van der Waals surface area (Å²) in [6, 6.07) is 49.8. The monoisotopic (exact) mass is 736 g/mol. The number of thiophene rings is 1. The number of imidazole rings is 2. The summed E-state index contributed by atoms with van der Waals surface area (Å²) in [6.07, 6.45) is 8.21. The van der Waals surface area contributed by atoms with E-state index in [2.05, 4.69) is 183 Å². The number of para-hydroxylation sites is 5. The number of hydrogen-bond acceptors (Lipinski definition) is 3. The second-order valence-electron chi connectivity index (χ2n) is 14.2. The third-order valence-electron chi connectivity index (χ3n) is 11.3. The minimum absolute atomic E-state index is 0.804. The Morgan fingerprint density at radius 1 is 0.571 bits per heavy atom. The molecule has 0 saturated heterocycles.